The van der Waals surface area contributed by atoms with Crippen molar-refractivity contribution < 1.29 is 0 Å². The van der Waals surface area contributed by atoms with E-state index in [1.807, 2.05) is 0 Å². The molecule has 0 bridgehead atoms. The van der Waals surface area contributed by atoms with E-state index in [9.17, 15) is 0 Å². The Balaban J connectivity index is 1.47. The quantitative estimate of drug-likeness (QED) is 0.742. The smallest absolute Gasteiger partial charge is 0.0224 e. The van der Waals surface area contributed by atoms with Crippen molar-refractivity contribution >= 4 is 0 Å². The second kappa shape index (κ2) is 7.46. The molecule has 2 saturated heterocycles. The van der Waals surface area contributed by atoms with E-state index in [0.29, 0.717) is 0 Å². The summed E-state index contributed by atoms with van der Waals surface area (Å²) in [5, 5.41) is 0. The standard InChI is InChI=1S/C19H35N3/c1-16-6-4-7-17(2)19(16)15-21-10-12-22(13-11-21)18-8-5-9-20(3)14-18/h6,17-19H,4-5,7-15H2,1-3H3/t17-,18+,19-/m0/s1. The van der Waals surface area contributed by atoms with Crippen molar-refractivity contribution in [2.45, 2.75) is 45.6 Å². The summed E-state index contributed by atoms with van der Waals surface area (Å²) in [6.07, 6.45) is 7.96. The summed E-state index contributed by atoms with van der Waals surface area (Å²) in [4.78, 5) is 8.00. The highest BCUT2D eigenvalue weighted by molar-refractivity contribution is 5.09. The lowest BCUT2D eigenvalue weighted by molar-refractivity contribution is 0.0519. The highest BCUT2D eigenvalue weighted by Gasteiger charge is 2.29. The van der Waals surface area contributed by atoms with Crippen LogP contribution in [0.3, 0.4) is 0 Å². The molecule has 3 atom stereocenters. The third kappa shape index (κ3) is 3.93. The number of piperazine rings is 1. The summed E-state index contributed by atoms with van der Waals surface area (Å²) in [5.41, 5.74) is 1.65. The van der Waals surface area contributed by atoms with Gasteiger partial charge in [-0.15, -0.1) is 0 Å². The van der Waals surface area contributed by atoms with E-state index in [2.05, 4.69) is 41.7 Å². The minimum atomic E-state index is 0.807. The van der Waals surface area contributed by atoms with Crippen LogP contribution in [-0.4, -0.2) is 73.6 Å². The molecule has 0 amide bonds. The normalized spacial score (nSPS) is 36.3. The highest BCUT2D eigenvalue weighted by Crippen LogP contribution is 2.31. The van der Waals surface area contributed by atoms with Gasteiger partial charge in [-0.2, -0.15) is 0 Å². The van der Waals surface area contributed by atoms with Gasteiger partial charge in [0.15, 0.2) is 0 Å². The van der Waals surface area contributed by atoms with Crippen LogP contribution in [0.15, 0.2) is 11.6 Å². The van der Waals surface area contributed by atoms with E-state index in [1.54, 1.807) is 5.57 Å². The highest BCUT2D eigenvalue weighted by atomic mass is 15.3. The number of piperidine rings is 1. The van der Waals surface area contributed by atoms with Crippen molar-refractivity contribution in [2.75, 3.05) is 52.9 Å². The van der Waals surface area contributed by atoms with Crippen LogP contribution in [0.5, 0.6) is 0 Å². The molecule has 0 unspecified atom stereocenters. The fourth-order valence-corrected chi connectivity index (χ4v) is 4.73. The van der Waals surface area contributed by atoms with Gasteiger partial charge in [0.1, 0.15) is 0 Å². The van der Waals surface area contributed by atoms with Gasteiger partial charge in [0.05, 0.1) is 0 Å². The van der Waals surface area contributed by atoms with Crippen molar-refractivity contribution in [3.8, 4) is 0 Å². The molecule has 22 heavy (non-hydrogen) atoms. The number of rotatable bonds is 3. The summed E-state index contributed by atoms with van der Waals surface area (Å²) < 4.78 is 0. The van der Waals surface area contributed by atoms with Crippen LogP contribution in [0.1, 0.15) is 39.5 Å². The first kappa shape index (κ1) is 16.5. The first-order chi connectivity index (χ1) is 10.6. The van der Waals surface area contributed by atoms with Crippen LogP contribution in [-0.2, 0) is 0 Å². The summed E-state index contributed by atoms with van der Waals surface area (Å²) in [6, 6.07) is 0.816. The fraction of sp³-hybridized carbons (Fsp3) is 0.895. The van der Waals surface area contributed by atoms with Gasteiger partial charge < -0.3 is 9.80 Å². The van der Waals surface area contributed by atoms with Crippen LogP contribution in [0.25, 0.3) is 0 Å². The Labute approximate surface area is 137 Å². The zero-order valence-electron chi connectivity index (χ0n) is 14.9. The molecule has 0 N–H and O–H groups in total. The van der Waals surface area contributed by atoms with Crippen LogP contribution in [0.4, 0.5) is 0 Å². The van der Waals surface area contributed by atoms with E-state index in [4.69, 9.17) is 0 Å². The molecule has 3 nitrogen and oxygen atoms in total. The molecule has 2 fully saturated rings. The predicted molar refractivity (Wildman–Crippen MR) is 94.2 cm³/mol. The van der Waals surface area contributed by atoms with Gasteiger partial charge in [0.2, 0.25) is 0 Å². The fourth-order valence-electron chi connectivity index (χ4n) is 4.73. The SMILES string of the molecule is CC1=CCC[C@H](C)[C@H]1CN1CCN([C@@H]2CCCN(C)C2)CC1. The zero-order chi connectivity index (χ0) is 15.5. The van der Waals surface area contributed by atoms with E-state index >= 15 is 0 Å². The lowest BCUT2D eigenvalue weighted by atomic mass is 9.79. The van der Waals surface area contributed by atoms with E-state index in [-0.39, 0.29) is 0 Å². The van der Waals surface area contributed by atoms with Crippen molar-refractivity contribution in [3.05, 3.63) is 11.6 Å². The monoisotopic (exact) mass is 305 g/mol. The van der Waals surface area contributed by atoms with Crippen LogP contribution < -0.4 is 0 Å². The summed E-state index contributed by atoms with van der Waals surface area (Å²) in [6.45, 7) is 13.8. The molecule has 0 aromatic carbocycles. The Hall–Kier alpha value is -0.380. The van der Waals surface area contributed by atoms with Crippen LogP contribution in [0.2, 0.25) is 0 Å². The molecule has 0 aromatic heterocycles. The van der Waals surface area contributed by atoms with E-state index in [0.717, 1.165) is 17.9 Å². The van der Waals surface area contributed by atoms with Gasteiger partial charge in [-0.3, -0.25) is 4.90 Å². The Morgan fingerprint density at radius 3 is 2.55 bits per heavy atom. The summed E-state index contributed by atoms with van der Waals surface area (Å²) in [5.74, 6) is 1.68. The molecule has 3 heteroatoms. The molecule has 0 spiro atoms. The van der Waals surface area contributed by atoms with Gasteiger partial charge in [0, 0.05) is 45.3 Å². The molecule has 0 aromatic rings. The third-order valence-electron chi connectivity index (χ3n) is 6.34. The average molecular weight is 306 g/mol. The Bertz CT molecular complexity index is 384. The van der Waals surface area contributed by atoms with Gasteiger partial charge in [-0.1, -0.05) is 18.6 Å². The molecule has 3 rings (SSSR count). The summed E-state index contributed by atoms with van der Waals surface area (Å²) in [7, 11) is 2.28. The first-order valence-corrected chi connectivity index (χ1v) is 9.45. The number of hydrogen-bond donors (Lipinski definition) is 0. The molecular weight excluding hydrogens is 270 g/mol. The van der Waals surface area contributed by atoms with Crippen LogP contribution in [0, 0.1) is 11.8 Å². The summed E-state index contributed by atoms with van der Waals surface area (Å²) >= 11 is 0. The van der Waals surface area contributed by atoms with Gasteiger partial charge >= 0.3 is 0 Å². The molecule has 3 aliphatic rings. The molecule has 0 radical (unpaired) electrons. The Morgan fingerprint density at radius 1 is 1.09 bits per heavy atom. The molecule has 1 aliphatic carbocycles. The number of nitrogens with zero attached hydrogens (tertiary/aromatic N) is 3. The minimum Gasteiger partial charge on any atom is -0.305 e. The van der Waals surface area contributed by atoms with Crippen molar-refractivity contribution in [2.24, 2.45) is 11.8 Å². The molecule has 2 aliphatic heterocycles. The average Bonchev–Trinajstić information content (AvgIpc) is 2.52. The van der Waals surface area contributed by atoms with Gasteiger partial charge in [-0.05, 0) is 58.0 Å². The maximum atomic E-state index is 2.76. The number of hydrogen-bond acceptors (Lipinski definition) is 3. The number of allylic oxidation sites excluding steroid dienone is 1. The topological polar surface area (TPSA) is 9.72 Å². The Morgan fingerprint density at radius 2 is 1.86 bits per heavy atom. The second-order valence-corrected chi connectivity index (χ2v) is 8.00. The maximum absolute atomic E-state index is 2.76. The van der Waals surface area contributed by atoms with Crippen LogP contribution >= 0.6 is 0 Å². The minimum absolute atomic E-state index is 0.807. The molecule has 0 saturated carbocycles. The van der Waals surface area contributed by atoms with Gasteiger partial charge in [0.25, 0.3) is 0 Å². The maximum Gasteiger partial charge on any atom is 0.0224 e. The first-order valence-electron chi connectivity index (χ1n) is 9.45. The number of likely N-dealkylation sites (N-methyl/N-ethyl adjacent to an activating group) is 1. The predicted octanol–water partition coefficient (Wildman–Crippen LogP) is 2.69. The number of likely N-dealkylation sites (tertiary alicyclic amines) is 1. The molecule has 126 valence electrons. The third-order valence-corrected chi connectivity index (χ3v) is 6.34. The van der Waals surface area contributed by atoms with Crippen molar-refractivity contribution in [1.29, 1.82) is 0 Å². The zero-order valence-corrected chi connectivity index (χ0v) is 14.9. The largest absolute Gasteiger partial charge is 0.305 e. The molecular formula is C19H35N3. The second-order valence-electron chi connectivity index (χ2n) is 8.00. The van der Waals surface area contributed by atoms with E-state index in [1.165, 1.54) is 71.5 Å². The molecule has 2 heterocycles. The van der Waals surface area contributed by atoms with Gasteiger partial charge in [-0.25, -0.2) is 0 Å². The lowest BCUT2D eigenvalue weighted by Gasteiger charge is -2.44. The van der Waals surface area contributed by atoms with Crippen molar-refractivity contribution in [3.63, 3.8) is 0 Å². The lowest BCUT2D eigenvalue weighted by Crippen LogP contribution is -2.55. The van der Waals surface area contributed by atoms with Crippen molar-refractivity contribution in [1.82, 2.24) is 14.7 Å². The van der Waals surface area contributed by atoms with E-state index < -0.39 is 0 Å². The Kier molecular flexibility index (Phi) is 5.59.